The minimum absolute atomic E-state index is 0.667. The average Bonchev–Trinajstić information content (AvgIpc) is 3.01. The van der Waals surface area contributed by atoms with Crippen LogP contribution in [0.25, 0.3) is 22.6 Å². The molecule has 1 aromatic carbocycles. The van der Waals surface area contributed by atoms with E-state index < -0.39 is 0 Å². The zero-order chi connectivity index (χ0) is 10.8. The SMILES string of the molecule is c1ccc(-c2c[nH]nc2-c2nnc[nH]2)cc1. The first-order valence-electron chi connectivity index (χ1n) is 4.91. The summed E-state index contributed by atoms with van der Waals surface area (Å²) in [6.07, 6.45) is 3.39. The van der Waals surface area contributed by atoms with Crippen LogP contribution in [-0.2, 0) is 0 Å². The van der Waals surface area contributed by atoms with Crippen molar-refractivity contribution in [3.05, 3.63) is 42.9 Å². The largest absolute Gasteiger partial charge is 0.326 e. The van der Waals surface area contributed by atoms with Crippen LogP contribution in [0.1, 0.15) is 0 Å². The van der Waals surface area contributed by atoms with Crippen LogP contribution >= 0.6 is 0 Å². The third-order valence-electron chi connectivity index (χ3n) is 2.37. The van der Waals surface area contributed by atoms with Crippen molar-refractivity contribution in [2.24, 2.45) is 0 Å². The third-order valence-corrected chi connectivity index (χ3v) is 2.37. The second kappa shape index (κ2) is 3.62. The Hall–Kier alpha value is -2.43. The monoisotopic (exact) mass is 211 g/mol. The van der Waals surface area contributed by atoms with E-state index in [0.29, 0.717) is 5.82 Å². The van der Waals surface area contributed by atoms with E-state index in [1.165, 1.54) is 0 Å². The van der Waals surface area contributed by atoms with E-state index >= 15 is 0 Å². The summed E-state index contributed by atoms with van der Waals surface area (Å²) in [6, 6.07) is 10.0. The fourth-order valence-corrected chi connectivity index (χ4v) is 1.63. The van der Waals surface area contributed by atoms with Gasteiger partial charge in [-0.25, -0.2) is 0 Å². The summed E-state index contributed by atoms with van der Waals surface area (Å²) in [4.78, 5) is 2.94. The highest BCUT2D eigenvalue weighted by atomic mass is 15.2. The van der Waals surface area contributed by atoms with Crippen molar-refractivity contribution in [1.82, 2.24) is 25.4 Å². The van der Waals surface area contributed by atoms with Crippen LogP contribution in [0.5, 0.6) is 0 Å². The molecule has 16 heavy (non-hydrogen) atoms. The third kappa shape index (κ3) is 1.38. The molecule has 0 unspecified atom stereocenters. The number of hydrogen-bond donors (Lipinski definition) is 2. The zero-order valence-corrected chi connectivity index (χ0v) is 8.38. The number of hydrogen-bond acceptors (Lipinski definition) is 3. The molecule has 0 amide bonds. The van der Waals surface area contributed by atoms with Crippen molar-refractivity contribution in [1.29, 1.82) is 0 Å². The molecule has 2 aromatic heterocycles. The molecule has 0 aliphatic heterocycles. The summed E-state index contributed by atoms with van der Waals surface area (Å²) in [5.41, 5.74) is 2.89. The van der Waals surface area contributed by atoms with E-state index in [1.807, 2.05) is 36.5 Å². The molecule has 0 aliphatic carbocycles. The molecule has 0 aliphatic rings. The Labute approximate surface area is 91.6 Å². The topological polar surface area (TPSA) is 70.2 Å². The van der Waals surface area contributed by atoms with Crippen LogP contribution < -0.4 is 0 Å². The van der Waals surface area contributed by atoms with Crippen molar-refractivity contribution >= 4 is 0 Å². The Bertz CT molecular complexity index is 567. The Morgan fingerprint density at radius 3 is 2.69 bits per heavy atom. The van der Waals surface area contributed by atoms with E-state index in [9.17, 15) is 0 Å². The lowest BCUT2D eigenvalue weighted by Gasteiger charge is -1.98. The Morgan fingerprint density at radius 1 is 1.06 bits per heavy atom. The normalized spacial score (nSPS) is 10.5. The number of benzene rings is 1. The van der Waals surface area contributed by atoms with Crippen LogP contribution in [0.15, 0.2) is 42.9 Å². The maximum absolute atomic E-state index is 4.18. The van der Waals surface area contributed by atoms with Crippen LogP contribution in [0.3, 0.4) is 0 Å². The molecule has 3 aromatic rings. The quantitative estimate of drug-likeness (QED) is 0.679. The van der Waals surface area contributed by atoms with Gasteiger partial charge in [-0.1, -0.05) is 30.3 Å². The summed E-state index contributed by atoms with van der Waals surface area (Å²) >= 11 is 0. The molecule has 0 bridgehead atoms. The fourth-order valence-electron chi connectivity index (χ4n) is 1.63. The lowest BCUT2D eigenvalue weighted by atomic mass is 10.1. The minimum atomic E-state index is 0.667. The molecule has 5 nitrogen and oxygen atoms in total. The van der Waals surface area contributed by atoms with Crippen molar-refractivity contribution in [2.45, 2.75) is 0 Å². The maximum atomic E-state index is 4.18. The van der Waals surface area contributed by atoms with Crippen LogP contribution in [0, 0.1) is 0 Å². The minimum Gasteiger partial charge on any atom is -0.326 e. The lowest BCUT2D eigenvalue weighted by Crippen LogP contribution is -1.84. The second-order valence-corrected chi connectivity index (χ2v) is 3.35. The van der Waals surface area contributed by atoms with E-state index in [0.717, 1.165) is 16.8 Å². The van der Waals surface area contributed by atoms with Gasteiger partial charge in [-0.2, -0.15) is 5.10 Å². The Morgan fingerprint density at radius 2 is 1.94 bits per heavy atom. The molecule has 0 radical (unpaired) electrons. The molecule has 5 heteroatoms. The fraction of sp³-hybridized carbons (Fsp3) is 0. The molecule has 2 N–H and O–H groups in total. The molecule has 0 fully saturated rings. The molecule has 78 valence electrons. The first kappa shape index (κ1) is 8.84. The zero-order valence-electron chi connectivity index (χ0n) is 8.38. The first-order valence-corrected chi connectivity index (χ1v) is 4.91. The van der Waals surface area contributed by atoms with Gasteiger partial charge in [0, 0.05) is 11.8 Å². The number of H-pyrrole nitrogens is 2. The van der Waals surface area contributed by atoms with Gasteiger partial charge >= 0.3 is 0 Å². The van der Waals surface area contributed by atoms with Crippen LogP contribution in [0.2, 0.25) is 0 Å². The number of nitrogens with one attached hydrogen (secondary N) is 2. The summed E-state index contributed by atoms with van der Waals surface area (Å²) in [6.45, 7) is 0. The standard InChI is InChI=1S/C11H9N5/c1-2-4-8(5-3-1)9-6-13-15-10(9)11-12-7-14-16-11/h1-7H,(H,13,15)(H,12,14,16). The summed E-state index contributed by atoms with van der Waals surface area (Å²) < 4.78 is 0. The molecule has 3 rings (SSSR count). The van der Waals surface area contributed by atoms with Gasteiger partial charge < -0.3 is 4.98 Å². The van der Waals surface area contributed by atoms with Crippen molar-refractivity contribution in [2.75, 3.05) is 0 Å². The van der Waals surface area contributed by atoms with Gasteiger partial charge in [0.15, 0.2) is 5.82 Å². The summed E-state index contributed by atoms with van der Waals surface area (Å²) in [5.74, 6) is 0.667. The molecular formula is C11H9N5. The molecule has 2 heterocycles. The van der Waals surface area contributed by atoms with E-state index in [4.69, 9.17) is 0 Å². The number of aromatic amines is 2. The van der Waals surface area contributed by atoms with Gasteiger partial charge in [-0.15, -0.1) is 10.2 Å². The highest BCUT2D eigenvalue weighted by Gasteiger charge is 2.12. The van der Waals surface area contributed by atoms with Gasteiger partial charge in [-0.05, 0) is 5.56 Å². The predicted octanol–water partition coefficient (Wildman–Crippen LogP) is 1.86. The second-order valence-electron chi connectivity index (χ2n) is 3.35. The van der Waals surface area contributed by atoms with Crippen molar-refractivity contribution in [3.63, 3.8) is 0 Å². The number of nitrogens with zero attached hydrogens (tertiary/aromatic N) is 3. The summed E-state index contributed by atoms with van der Waals surface area (Å²) in [5, 5.41) is 14.7. The molecule has 0 spiro atoms. The first-order chi connectivity index (χ1) is 7.95. The highest BCUT2D eigenvalue weighted by molar-refractivity contribution is 5.76. The van der Waals surface area contributed by atoms with Gasteiger partial charge in [0.1, 0.15) is 12.0 Å². The van der Waals surface area contributed by atoms with E-state index in [2.05, 4.69) is 25.4 Å². The molecule has 0 saturated heterocycles. The van der Waals surface area contributed by atoms with Crippen molar-refractivity contribution in [3.8, 4) is 22.6 Å². The maximum Gasteiger partial charge on any atom is 0.182 e. The predicted molar refractivity (Wildman–Crippen MR) is 59.4 cm³/mol. The van der Waals surface area contributed by atoms with Crippen molar-refractivity contribution < 1.29 is 0 Å². The summed E-state index contributed by atoms with van der Waals surface area (Å²) in [7, 11) is 0. The smallest absolute Gasteiger partial charge is 0.182 e. The Balaban J connectivity index is 2.14. The number of rotatable bonds is 2. The van der Waals surface area contributed by atoms with Crippen LogP contribution in [0.4, 0.5) is 0 Å². The van der Waals surface area contributed by atoms with Gasteiger partial charge in [-0.3, -0.25) is 5.10 Å². The Kier molecular flexibility index (Phi) is 2.00. The molecule has 0 atom stereocenters. The van der Waals surface area contributed by atoms with E-state index in [-0.39, 0.29) is 0 Å². The molecule has 0 saturated carbocycles. The van der Waals surface area contributed by atoms with Gasteiger partial charge in [0.05, 0.1) is 0 Å². The van der Waals surface area contributed by atoms with Gasteiger partial charge in [0.2, 0.25) is 0 Å². The van der Waals surface area contributed by atoms with Crippen LogP contribution in [-0.4, -0.2) is 25.4 Å². The number of aromatic nitrogens is 5. The highest BCUT2D eigenvalue weighted by Crippen LogP contribution is 2.26. The average molecular weight is 211 g/mol. The van der Waals surface area contributed by atoms with Gasteiger partial charge in [0.25, 0.3) is 0 Å². The van der Waals surface area contributed by atoms with E-state index in [1.54, 1.807) is 6.33 Å². The lowest BCUT2D eigenvalue weighted by molar-refractivity contribution is 1.05. The molecular weight excluding hydrogens is 202 g/mol.